The minimum Gasteiger partial charge on any atom is -0.469 e. The summed E-state index contributed by atoms with van der Waals surface area (Å²) in [4.78, 5) is 15.1. The molecule has 0 fully saturated rings. The van der Waals surface area contributed by atoms with Crippen molar-refractivity contribution in [2.75, 3.05) is 27.2 Å². The standard InChI is InChI=1S/C14H29N3O2/c1-12(2)9-11-17-14(15-3)16-10-7-5-6-8-13(18)19-4/h12H,5-11H2,1-4H3,(H2,15,16,17). The summed E-state index contributed by atoms with van der Waals surface area (Å²) in [5, 5.41) is 6.55. The third kappa shape index (κ3) is 11.6. The number of carbonyl (C=O) groups is 1. The van der Waals surface area contributed by atoms with Crippen molar-refractivity contribution in [3.8, 4) is 0 Å². The third-order valence-corrected chi connectivity index (χ3v) is 2.82. The Morgan fingerprint density at radius 1 is 1.16 bits per heavy atom. The van der Waals surface area contributed by atoms with E-state index in [0.717, 1.165) is 44.7 Å². The smallest absolute Gasteiger partial charge is 0.305 e. The topological polar surface area (TPSA) is 62.7 Å². The van der Waals surface area contributed by atoms with E-state index < -0.39 is 0 Å². The van der Waals surface area contributed by atoms with Crippen LogP contribution in [0.4, 0.5) is 0 Å². The summed E-state index contributed by atoms with van der Waals surface area (Å²) >= 11 is 0. The van der Waals surface area contributed by atoms with Crippen LogP contribution in [0.25, 0.3) is 0 Å². The van der Waals surface area contributed by atoms with Crippen LogP contribution in [-0.2, 0) is 9.53 Å². The van der Waals surface area contributed by atoms with E-state index in [1.165, 1.54) is 7.11 Å². The van der Waals surface area contributed by atoms with E-state index in [1.54, 1.807) is 7.05 Å². The van der Waals surface area contributed by atoms with Crippen LogP contribution in [0.5, 0.6) is 0 Å². The molecule has 0 aliphatic heterocycles. The molecule has 0 unspecified atom stereocenters. The van der Waals surface area contributed by atoms with E-state index >= 15 is 0 Å². The van der Waals surface area contributed by atoms with E-state index in [1.807, 2.05) is 0 Å². The monoisotopic (exact) mass is 271 g/mol. The van der Waals surface area contributed by atoms with Crippen LogP contribution in [0.15, 0.2) is 4.99 Å². The average molecular weight is 271 g/mol. The summed E-state index contributed by atoms with van der Waals surface area (Å²) in [5.74, 6) is 1.43. The quantitative estimate of drug-likeness (QED) is 0.291. The fourth-order valence-electron chi connectivity index (χ4n) is 1.58. The minimum atomic E-state index is -0.126. The van der Waals surface area contributed by atoms with Gasteiger partial charge in [0.2, 0.25) is 0 Å². The second kappa shape index (κ2) is 11.8. The Labute approximate surface area is 117 Å². The van der Waals surface area contributed by atoms with Crippen LogP contribution in [0, 0.1) is 5.92 Å². The highest BCUT2D eigenvalue weighted by molar-refractivity contribution is 5.79. The van der Waals surface area contributed by atoms with Gasteiger partial charge in [0.15, 0.2) is 5.96 Å². The number of ether oxygens (including phenoxy) is 1. The molecule has 0 saturated heterocycles. The van der Waals surface area contributed by atoms with Crippen LogP contribution in [-0.4, -0.2) is 39.2 Å². The van der Waals surface area contributed by atoms with Crippen molar-refractivity contribution in [2.24, 2.45) is 10.9 Å². The van der Waals surface area contributed by atoms with Crippen molar-refractivity contribution in [1.82, 2.24) is 10.6 Å². The number of esters is 1. The van der Waals surface area contributed by atoms with Gasteiger partial charge >= 0.3 is 5.97 Å². The van der Waals surface area contributed by atoms with Crippen molar-refractivity contribution in [3.05, 3.63) is 0 Å². The Morgan fingerprint density at radius 2 is 1.84 bits per heavy atom. The summed E-state index contributed by atoms with van der Waals surface area (Å²) in [6.45, 7) is 6.24. The lowest BCUT2D eigenvalue weighted by Gasteiger charge is -2.12. The average Bonchev–Trinajstić information content (AvgIpc) is 2.39. The number of hydrogen-bond acceptors (Lipinski definition) is 3. The molecule has 0 rings (SSSR count). The predicted octanol–water partition coefficient (Wildman–Crippen LogP) is 1.93. The third-order valence-electron chi connectivity index (χ3n) is 2.82. The molecule has 0 aliphatic carbocycles. The van der Waals surface area contributed by atoms with Crippen molar-refractivity contribution >= 4 is 11.9 Å². The summed E-state index contributed by atoms with van der Waals surface area (Å²) in [5.41, 5.74) is 0. The van der Waals surface area contributed by atoms with Gasteiger partial charge < -0.3 is 15.4 Å². The zero-order valence-corrected chi connectivity index (χ0v) is 12.8. The highest BCUT2D eigenvalue weighted by atomic mass is 16.5. The molecule has 0 heterocycles. The summed E-state index contributed by atoms with van der Waals surface area (Å²) in [6, 6.07) is 0. The second-order valence-corrected chi connectivity index (χ2v) is 5.00. The van der Waals surface area contributed by atoms with Crippen LogP contribution in [0.1, 0.15) is 46.0 Å². The SMILES string of the molecule is CN=C(NCCCCCC(=O)OC)NCCC(C)C. The molecule has 0 atom stereocenters. The van der Waals surface area contributed by atoms with Gasteiger partial charge in [-0.25, -0.2) is 0 Å². The maximum atomic E-state index is 10.9. The van der Waals surface area contributed by atoms with Crippen LogP contribution in [0.3, 0.4) is 0 Å². The molecular weight excluding hydrogens is 242 g/mol. The molecule has 0 bridgehead atoms. The molecule has 0 aromatic rings. The second-order valence-electron chi connectivity index (χ2n) is 5.00. The van der Waals surface area contributed by atoms with Gasteiger partial charge in [-0.05, 0) is 25.2 Å². The molecule has 19 heavy (non-hydrogen) atoms. The summed E-state index contributed by atoms with van der Waals surface area (Å²) in [6.07, 6.45) is 4.58. The highest BCUT2D eigenvalue weighted by Crippen LogP contribution is 2.00. The van der Waals surface area contributed by atoms with Crippen molar-refractivity contribution in [1.29, 1.82) is 0 Å². The van der Waals surface area contributed by atoms with Crippen LogP contribution in [0.2, 0.25) is 0 Å². The van der Waals surface area contributed by atoms with E-state index in [4.69, 9.17) is 0 Å². The van der Waals surface area contributed by atoms with Gasteiger partial charge in [-0.3, -0.25) is 9.79 Å². The fraction of sp³-hybridized carbons (Fsp3) is 0.857. The molecule has 5 heteroatoms. The van der Waals surface area contributed by atoms with Crippen LogP contribution < -0.4 is 10.6 Å². The zero-order valence-electron chi connectivity index (χ0n) is 12.8. The predicted molar refractivity (Wildman–Crippen MR) is 79.3 cm³/mol. The first kappa shape index (κ1) is 17.7. The first-order valence-electron chi connectivity index (χ1n) is 7.11. The first-order valence-corrected chi connectivity index (χ1v) is 7.11. The molecule has 0 aromatic carbocycles. The molecule has 0 aliphatic rings. The highest BCUT2D eigenvalue weighted by Gasteiger charge is 2.00. The van der Waals surface area contributed by atoms with Gasteiger partial charge in [0.1, 0.15) is 0 Å². The lowest BCUT2D eigenvalue weighted by atomic mass is 10.1. The van der Waals surface area contributed by atoms with Crippen molar-refractivity contribution in [2.45, 2.75) is 46.0 Å². The molecule has 0 saturated carbocycles. The summed E-state index contributed by atoms with van der Waals surface area (Å²) < 4.78 is 4.59. The molecule has 0 aromatic heterocycles. The van der Waals surface area contributed by atoms with E-state index in [0.29, 0.717) is 12.3 Å². The molecule has 2 N–H and O–H groups in total. The number of methoxy groups -OCH3 is 1. The number of aliphatic imine (C=N–C) groups is 1. The molecule has 112 valence electrons. The largest absolute Gasteiger partial charge is 0.469 e. The normalized spacial score (nSPS) is 11.5. The van der Waals surface area contributed by atoms with Crippen molar-refractivity contribution in [3.63, 3.8) is 0 Å². The van der Waals surface area contributed by atoms with E-state index in [2.05, 4.69) is 34.2 Å². The van der Waals surface area contributed by atoms with Gasteiger partial charge in [-0.15, -0.1) is 0 Å². The molecule has 0 amide bonds. The van der Waals surface area contributed by atoms with E-state index in [-0.39, 0.29) is 5.97 Å². The number of guanidine groups is 1. The Bertz CT molecular complexity index is 265. The number of nitrogens with zero attached hydrogens (tertiary/aromatic N) is 1. The Hall–Kier alpha value is -1.26. The number of nitrogens with one attached hydrogen (secondary N) is 2. The lowest BCUT2D eigenvalue weighted by Crippen LogP contribution is -2.38. The number of unbranched alkanes of at least 4 members (excludes halogenated alkanes) is 2. The molecule has 0 radical (unpaired) electrons. The maximum Gasteiger partial charge on any atom is 0.305 e. The molecular formula is C14H29N3O2. The lowest BCUT2D eigenvalue weighted by molar-refractivity contribution is -0.140. The van der Waals surface area contributed by atoms with Gasteiger partial charge in [0.05, 0.1) is 7.11 Å². The van der Waals surface area contributed by atoms with Crippen LogP contribution >= 0.6 is 0 Å². The Kier molecular flexibility index (Phi) is 11.0. The number of rotatable bonds is 9. The Balaban J connectivity index is 3.49. The first-order chi connectivity index (χ1) is 9.10. The Morgan fingerprint density at radius 3 is 2.42 bits per heavy atom. The van der Waals surface area contributed by atoms with E-state index in [9.17, 15) is 4.79 Å². The minimum absolute atomic E-state index is 0.126. The van der Waals surface area contributed by atoms with Gasteiger partial charge in [-0.1, -0.05) is 20.3 Å². The maximum absolute atomic E-state index is 10.9. The van der Waals surface area contributed by atoms with Gasteiger partial charge in [0, 0.05) is 26.6 Å². The number of carbonyl (C=O) groups excluding carboxylic acids is 1. The van der Waals surface area contributed by atoms with Crippen molar-refractivity contribution < 1.29 is 9.53 Å². The molecule has 0 spiro atoms. The van der Waals surface area contributed by atoms with Gasteiger partial charge in [-0.2, -0.15) is 0 Å². The van der Waals surface area contributed by atoms with Gasteiger partial charge in [0.25, 0.3) is 0 Å². The zero-order chi connectivity index (χ0) is 14.5. The summed E-state index contributed by atoms with van der Waals surface area (Å²) in [7, 11) is 3.21. The molecule has 5 nitrogen and oxygen atoms in total. The fourth-order valence-corrected chi connectivity index (χ4v) is 1.58. The number of hydrogen-bond donors (Lipinski definition) is 2.